The molecule has 1 aliphatic rings. The van der Waals surface area contributed by atoms with Crippen molar-refractivity contribution in [1.29, 1.82) is 0 Å². The second kappa shape index (κ2) is 10.9. The molecule has 9 rings (SSSR count). The van der Waals surface area contributed by atoms with Gasteiger partial charge in [0, 0.05) is 21.9 Å². The molecule has 8 aromatic rings. The molecule has 0 radical (unpaired) electrons. The van der Waals surface area contributed by atoms with Gasteiger partial charge in [-0.15, -0.1) is 0 Å². The Kier molecular flexibility index (Phi) is 6.53. The molecular formula is C45H34NP. The van der Waals surface area contributed by atoms with Gasteiger partial charge in [-0.3, -0.25) is 0 Å². The predicted octanol–water partition coefficient (Wildman–Crippen LogP) is 10.5. The molecule has 224 valence electrons. The highest BCUT2D eigenvalue weighted by molar-refractivity contribution is 7.79. The third-order valence-corrected chi connectivity index (χ3v) is 12.4. The highest BCUT2D eigenvalue weighted by Gasteiger charge is 2.35. The van der Waals surface area contributed by atoms with Gasteiger partial charge in [0.1, 0.15) is 0 Å². The summed E-state index contributed by atoms with van der Waals surface area (Å²) >= 11 is 0. The summed E-state index contributed by atoms with van der Waals surface area (Å²) in [6.07, 6.45) is 0. The fraction of sp³-hybridized carbons (Fsp3) is 0.0667. The Morgan fingerprint density at radius 3 is 1.83 bits per heavy atom. The van der Waals surface area contributed by atoms with Crippen molar-refractivity contribution >= 4 is 45.6 Å². The van der Waals surface area contributed by atoms with Gasteiger partial charge in [-0.1, -0.05) is 147 Å². The van der Waals surface area contributed by atoms with Crippen LogP contribution in [0.2, 0.25) is 0 Å². The number of hydrogen-bond donors (Lipinski definition) is 0. The largest absolute Gasteiger partial charge is 0.309 e. The van der Waals surface area contributed by atoms with Gasteiger partial charge in [0.15, 0.2) is 0 Å². The zero-order valence-corrected chi connectivity index (χ0v) is 27.5. The van der Waals surface area contributed by atoms with Crippen molar-refractivity contribution in [3.8, 4) is 27.9 Å². The summed E-state index contributed by atoms with van der Waals surface area (Å²) in [4.78, 5) is 0. The van der Waals surface area contributed by atoms with E-state index in [4.69, 9.17) is 0 Å². The van der Waals surface area contributed by atoms with Gasteiger partial charge in [-0.2, -0.15) is 0 Å². The number of nitrogens with zero attached hydrogens (tertiary/aromatic N) is 1. The van der Waals surface area contributed by atoms with Gasteiger partial charge in [0.05, 0.1) is 11.0 Å². The Morgan fingerprint density at radius 1 is 0.426 bits per heavy atom. The fourth-order valence-electron chi connectivity index (χ4n) is 7.67. The zero-order valence-electron chi connectivity index (χ0n) is 26.6. The highest BCUT2D eigenvalue weighted by Crippen LogP contribution is 2.49. The van der Waals surface area contributed by atoms with E-state index in [0.717, 1.165) is 0 Å². The van der Waals surface area contributed by atoms with Gasteiger partial charge < -0.3 is 4.57 Å². The van der Waals surface area contributed by atoms with Crippen molar-refractivity contribution in [2.75, 3.05) is 0 Å². The first-order valence-electron chi connectivity index (χ1n) is 16.4. The molecule has 0 fully saturated rings. The lowest BCUT2D eigenvalue weighted by Gasteiger charge is -2.24. The molecule has 2 heteroatoms. The molecule has 1 unspecified atom stereocenters. The molecule has 47 heavy (non-hydrogen) atoms. The predicted molar refractivity (Wildman–Crippen MR) is 202 cm³/mol. The first kappa shape index (κ1) is 28.0. The van der Waals surface area contributed by atoms with E-state index in [0.29, 0.717) is 0 Å². The van der Waals surface area contributed by atoms with Crippen molar-refractivity contribution in [2.45, 2.75) is 19.3 Å². The highest BCUT2D eigenvalue weighted by atomic mass is 31.1. The summed E-state index contributed by atoms with van der Waals surface area (Å²) in [7, 11) is -0.729. The van der Waals surface area contributed by atoms with Crippen LogP contribution in [0.4, 0.5) is 0 Å². The van der Waals surface area contributed by atoms with Crippen LogP contribution in [-0.4, -0.2) is 4.57 Å². The number of hydrogen-bond acceptors (Lipinski definition) is 0. The first-order valence-corrected chi connectivity index (χ1v) is 17.7. The van der Waals surface area contributed by atoms with Gasteiger partial charge in [-0.25, -0.2) is 0 Å². The van der Waals surface area contributed by atoms with Crippen LogP contribution in [0.1, 0.15) is 25.0 Å². The van der Waals surface area contributed by atoms with Crippen molar-refractivity contribution in [2.24, 2.45) is 0 Å². The van der Waals surface area contributed by atoms with E-state index in [-0.39, 0.29) is 5.41 Å². The zero-order chi connectivity index (χ0) is 31.5. The fourth-order valence-corrected chi connectivity index (χ4v) is 9.96. The Hall–Kier alpha value is -5.23. The van der Waals surface area contributed by atoms with E-state index in [9.17, 15) is 0 Å². The topological polar surface area (TPSA) is 4.93 Å². The Labute approximate surface area is 277 Å². The molecule has 0 amide bonds. The van der Waals surface area contributed by atoms with Crippen LogP contribution in [0.3, 0.4) is 0 Å². The molecule has 0 aliphatic heterocycles. The van der Waals surface area contributed by atoms with E-state index in [1.165, 1.54) is 76.8 Å². The summed E-state index contributed by atoms with van der Waals surface area (Å²) in [5.41, 5.74) is 11.7. The van der Waals surface area contributed by atoms with Gasteiger partial charge in [0.25, 0.3) is 0 Å². The summed E-state index contributed by atoms with van der Waals surface area (Å²) in [6.45, 7) is 4.74. The number of fused-ring (bicyclic) bond motifs is 6. The van der Waals surface area contributed by atoms with Gasteiger partial charge >= 0.3 is 0 Å². The Morgan fingerprint density at radius 2 is 1.02 bits per heavy atom. The molecule has 0 bridgehead atoms. The molecule has 1 aromatic heterocycles. The Balaban J connectivity index is 1.13. The van der Waals surface area contributed by atoms with Crippen LogP contribution < -0.4 is 15.9 Å². The lowest BCUT2D eigenvalue weighted by Crippen LogP contribution is -2.23. The molecule has 1 aliphatic carbocycles. The lowest BCUT2D eigenvalue weighted by molar-refractivity contribution is 0.661. The normalized spacial score (nSPS) is 13.8. The molecule has 1 nitrogen and oxygen atoms in total. The van der Waals surface area contributed by atoms with Crippen molar-refractivity contribution in [1.82, 2.24) is 4.57 Å². The van der Waals surface area contributed by atoms with Crippen LogP contribution in [0.15, 0.2) is 170 Å². The van der Waals surface area contributed by atoms with E-state index in [1.807, 2.05) is 0 Å². The van der Waals surface area contributed by atoms with E-state index in [1.54, 1.807) is 0 Å². The summed E-state index contributed by atoms with van der Waals surface area (Å²) in [6, 6.07) is 62.9. The SMILES string of the molecule is CC1(C)c2ccccc2-c2ccc(P(c3ccccc3)c3ccc(-c4ccc5c(c4)c4ccccc4n5-c4ccccc4)cc3)cc21. The maximum absolute atomic E-state index is 2.50. The standard InChI is InChI=1S/C45H34NP/c1-45(2)41-19-11-9-17-37(41)38-27-26-36(30-42(38)45)47(34-15-7-4-8-16-34)35-24-21-31(22-25-35)32-23-28-44-40(29-32)39-18-10-12-20-43(39)46(44)33-13-5-3-6-14-33/h3-30H,1-2H3. The van der Waals surface area contributed by atoms with Crippen molar-refractivity contribution < 1.29 is 0 Å². The molecule has 1 heterocycles. The molecule has 7 aromatic carbocycles. The number of benzene rings is 7. The molecular weight excluding hydrogens is 585 g/mol. The maximum atomic E-state index is 2.50. The van der Waals surface area contributed by atoms with Crippen molar-refractivity contribution in [3.05, 3.63) is 181 Å². The van der Waals surface area contributed by atoms with E-state index < -0.39 is 7.92 Å². The quantitative estimate of drug-likeness (QED) is 0.169. The third kappa shape index (κ3) is 4.49. The number of rotatable bonds is 5. The summed E-state index contributed by atoms with van der Waals surface area (Å²) in [5.74, 6) is 0. The minimum absolute atomic E-state index is 0.0221. The molecule has 1 atom stereocenters. The second-order valence-corrected chi connectivity index (χ2v) is 15.3. The molecule has 0 spiro atoms. The van der Waals surface area contributed by atoms with Crippen LogP contribution in [0, 0.1) is 0 Å². The molecule has 0 saturated heterocycles. The third-order valence-electron chi connectivity index (χ3n) is 9.99. The average Bonchev–Trinajstić information content (AvgIpc) is 3.58. The Bertz CT molecular complexity index is 2420. The minimum atomic E-state index is -0.729. The van der Waals surface area contributed by atoms with Gasteiger partial charge in [-0.05, 0) is 93.6 Å². The second-order valence-electron chi connectivity index (χ2n) is 13.0. The smallest absolute Gasteiger partial charge is 0.0541 e. The number of para-hydroxylation sites is 2. The van der Waals surface area contributed by atoms with Crippen LogP contribution in [-0.2, 0) is 5.41 Å². The summed E-state index contributed by atoms with van der Waals surface area (Å²) < 4.78 is 2.38. The van der Waals surface area contributed by atoms with Crippen LogP contribution in [0.25, 0.3) is 49.7 Å². The number of aromatic nitrogens is 1. The van der Waals surface area contributed by atoms with Crippen LogP contribution >= 0.6 is 7.92 Å². The van der Waals surface area contributed by atoms with Gasteiger partial charge in [0.2, 0.25) is 0 Å². The maximum Gasteiger partial charge on any atom is 0.0541 e. The minimum Gasteiger partial charge on any atom is -0.309 e. The van der Waals surface area contributed by atoms with Crippen molar-refractivity contribution in [3.63, 3.8) is 0 Å². The van der Waals surface area contributed by atoms with Crippen LogP contribution in [0.5, 0.6) is 0 Å². The van der Waals surface area contributed by atoms with E-state index >= 15 is 0 Å². The molecule has 0 saturated carbocycles. The average molecular weight is 620 g/mol. The summed E-state index contributed by atoms with van der Waals surface area (Å²) in [5, 5.41) is 6.69. The molecule has 0 N–H and O–H groups in total. The first-order chi connectivity index (χ1) is 23.1. The lowest BCUT2D eigenvalue weighted by atomic mass is 9.82. The van der Waals surface area contributed by atoms with E-state index in [2.05, 4.69) is 188 Å². The monoisotopic (exact) mass is 619 g/mol.